The second-order valence-corrected chi connectivity index (χ2v) is 3.75. The number of rotatable bonds is 4. The smallest absolute Gasteiger partial charge is 0.416 e. The number of aliphatic hydroxyl groups excluding tert-OH is 2. The molecule has 7 nitrogen and oxygen atoms in total. The van der Waals surface area contributed by atoms with Crippen molar-refractivity contribution in [3.63, 3.8) is 0 Å². The number of halogens is 3. The average molecular weight is 295 g/mol. The highest BCUT2D eigenvalue weighted by atomic mass is 19.4. The molecule has 0 bridgehead atoms. The molecule has 2 unspecified atom stereocenters. The number of carboxylic acids is 1. The highest BCUT2D eigenvalue weighted by molar-refractivity contribution is 5.73. The topological polar surface area (TPSA) is 121 Å². The van der Waals surface area contributed by atoms with Gasteiger partial charge in [0.1, 0.15) is 6.10 Å². The number of nitrogens with zero attached hydrogens (tertiary/aromatic N) is 1. The number of carbonyl (C=O) groups is 1. The third-order valence-corrected chi connectivity index (χ3v) is 2.42. The maximum Gasteiger partial charge on any atom is 0.416 e. The lowest BCUT2D eigenvalue weighted by molar-refractivity contribution is -0.385. The van der Waals surface area contributed by atoms with E-state index in [1.807, 2.05) is 0 Å². The normalized spacial score (nSPS) is 14.7. The lowest BCUT2D eigenvalue weighted by Crippen LogP contribution is -2.29. The van der Waals surface area contributed by atoms with E-state index in [9.17, 15) is 33.2 Å². The van der Waals surface area contributed by atoms with Crippen LogP contribution in [0.3, 0.4) is 0 Å². The van der Waals surface area contributed by atoms with Gasteiger partial charge in [0.2, 0.25) is 0 Å². The van der Waals surface area contributed by atoms with Crippen LogP contribution in [0.4, 0.5) is 18.9 Å². The summed E-state index contributed by atoms with van der Waals surface area (Å²) in [5.41, 5.74) is -3.32. The molecule has 3 N–H and O–H groups in total. The molecule has 0 spiro atoms. The third kappa shape index (κ3) is 3.22. The van der Waals surface area contributed by atoms with E-state index in [0.29, 0.717) is 18.2 Å². The highest BCUT2D eigenvalue weighted by Gasteiger charge is 2.38. The Kier molecular flexibility index (Phi) is 4.30. The molecule has 20 heavy (non-hydrogen) atoms. The number of benzene rings is 1. The summed E-state index contributed by atoms with van der Waals surface area (Å²) in [5, 5.41) is 37.5. The fourth-order valence-electron chi connectivity index (χ4n) is 1.47. The zero-order valence-electron chi connectivity index (χ0n) is 9.53. The SMILES string of the molecule is O=C(O)C(O)C(O)c1cc([N+](=O)[O-])ccc1C(F)(F)F. The number of carboxylic acid groups (broad SMARTS) is 1. The van der Waals surface area contributed by atoms with Crippen molar-refractivity contribution in [1.29, 1.82) is 0 Å². The van der Waals surface area contributed by atoms with Gasteiger partial charge in [0.15, 0.2) is 6.10 Å². The van der Waals surface area contributed by atoms with Crippen LogP contribution in [0.25, 0.3) is 0 Å². The summed E-state index contributed by atoms with van der Waals surface area (Å²) in [6, 6.07) is 1.27. The van der Waals surface area contributed by atoms with E-state index in [0.717, 1.165) is 0 Å². The summed E-state index contributed by atoms with van der Waals surface area (Å²) in [6.45, 7) is 0. The van der Waals surface area contributed by atoms with E-state index in [1.54, 1.807) is 0 Å². The Hall–Kier alpha value is -2.20. The largest absolute Gasteiger partial charge is 0.479 e. The van der Waals surface area contributed by atoms with Crippen LogP contribution in [0.15, 0.2) is 18.2 Å². The van der Waals surface area contributed by atoms with E-state index in [1.165, 1.54) is 0 Å². The number of nitro benzene ring substituents is 1. The van der Waals surface area contributed by atoms with Crippen molar-refractivity contribution in [1.82, 2.24) is 0 Å². The minimum absolute atomic E-state index is 0.339. The van der Waals surface area contributed by atoms with Crippen LogP contribution < -0.4 is 0 Å². The molecule has 0 saturated carbocycles. The molecular formula is C10H8F3NO6. The van der Waals surface area contributed by atoms with Crippen molar-refractivity contribution < 1.29 is 38.2 Å². The molecule has 0 saturated heterocycles. The maximum absolute atomic E-state index is 12.7. The van der Waals surface area contributed by atoms with E-state index in [4.69, 9.17) is 10.2 Å². The van der Waals surface area contributed by atoms with Crippen molar-refractivity contribution in [2.45, 2.75) is 18.4 Å². The summed E-state index contributed by atoms with van der Waals surface area (Å²) in [6.07, 6.45) is -9.97. The van der Waals surface area contributed by atoms with Crippen molar-refractivity contribution in [2.75, 3.05) is 0 Å². The second-order valence-electron chi connectivity index (χ2n) is 3.75. The first kappa shape index (κ1) is 15.9. The standard InChI is InChI=1S/C10H8F3NO6/c11-10(12,13)6-2-1-4(14(19)20)3-5(6)7(15)8(16)9(17)18/h1-3,7-8,15-16H,(H,17,18). The van der Waals surface area contributed by atoms with Crippen molar-refractivity contribution in [2.24, 2.45) is 0 Å². The van der Waals surface area contributed by atoms with Gasteiger partial charge in [-0.3, -0.25) is 10.1 Å². The Morgan fingerprint density at radius 1 is 1.30 bits per heavy atom. The summed E-state index contributed by atoms with van der Waals surface area (Å²) in [4.78, 5) is 20.0. The minimum Gasteiger partial charge on any atom is -0.479 e. The molecule has 0 aromatic heterocycles. The van der Waals surface area contributed by atoms with Gasteiger partial charge in [-0.15, -0.1) is 0 Å². The van der Waals surface area contributed by atoms with Crippen LogP contribution in [0, 0.1) is 10.1 Å². The minimum atomic E-state index is -4.97. The van der Waals surface area contributed by atoms with Gasteiger partial charge < -0.3 is 15.3 Å². The van der Waals surface area contributed by atoms with Crippen molar-refractivity contribution in [3.8, 4) is 0 Å². The molecular weight excluding hydrogens is 287 g/mol. The maximum atomic E-state index is 12.7. The van der Waals surface area contributed by atoms with Crippen LogP contribution in [-0.2, 0) is 11.0 Å². The molecule has 1 rings (SSSR count). The first-order valence-electron chi connectivity index (χ1n) is 5.00. The quantitative estimate of drug-likeness (QED) is 0.565. The number of alkyl halides is 3. The lowest BCUT2D eigenvalue weighted by Gasteiger charge is -2.19. The summed E-state index contributed by atoms with van der Waals surface area (Å²) in [5.74, 6) is -1.96. The Balaban J connectivity index is 3.42. The fourth-order valence-corrected chi connectivity index (χ4v) is 1.47. The number of hydrogen-bond acceptors (Lipinski definition) is 5. The molecule has 1 aromatic carbocycles. The van der Waals surface area contributed by atoms with E-state index < -0.39 is 46.1 Å². The summed E-state index contributed by atoms with van der Waals surface area (Å²) in [7, 11) is 0. The second kappa shape index (κ2) is 5.43. The fraction of sp³-hybridized carbons (Fsp3) is 0.300. The number of hydrogen-bond donors (Lipinski definition) is 3. The van der Waals surface area contributed by atoms with Gasteiger partial charge in [-0.1, -0.05) is 0 Å². The molecule has 10 heteroatoms. The Bertz CT molecular complexity index is 544. The Morgan fingerprint density at radius 2 is 1.85 bits per heavy atom. The predicted octanol–water partition coefficient (Wildman–Crippen LogP) is 1.09. The van der Waals surface area contributed by atoms with Crippen molar-refractivity contribution >= 4 is 11.7 Å². The zero-order chi connectivity index (χ0) is 15.7. The van der Waals surface area contributed by atoms with Crippen LogP contribution in [0.1, 0.15) is 17.2 Å². The van der Waals surface area contributed by atoms with Gasteiger partial charge in [-0.05, 0) is 6.07 Å². The first-order valence-corrected chi connectivity index (χ1v) is 5.00. The molecule has 0 fully saturated rings. The summed E-state index contributed by atoms with van der Waals surface area (Å²) >= 11 is 0. The molecule has 0 heterocycles. The molecule has 0 aliphatic carbocycles. The predicted molar refractivity (Wildman–Crippen MR) is 56.7 cm³/mol. The molecule has 1 aromatic rings. The molecule has 0 radical (unpaired) electrons. The average Bonchev–Trinajstić information content (AvgIpc) is 2.34. The number of nitro groups is 1. The number of aliphatic carboxylic acids is 1. The van der Waals surface area contributed by atoms with Crippen LogP contribution in [0.5, 0.6) is 0 Å². The van der Waals surface area contributed by atoms with Crippen LogP contribution in [0.2, 0.25) is 0 Å². The first-order chi connectivity index (χ1) is 9.05. The van der Waals surface area contributed by atoms with Crippen molar-refractivity contribution in [3.05, 3.63) is 39.4 Å². The number of aliphatic hydroxyl groups is 2. The van der Waals surface area contributed by atoms with E-state index in [-0.39, 0.29) is 0 Å². The summed E-state index contributed by atoms with van der Waals surface area (Å²) < 4.78 is 38.1. The van der Waals surface area contributed by atoms with E-state index >= 15 is 0 Å². The van der Waals surface area contributed by atoms with Gasteiger partial charge in [0, 0.05) is 17.7 Å². The van der Waals surface area contributed by atoms with Crippen LogP contribution in [-0.4, -0.2) is 32.3 Å². The third-order valence-electron chi connectivity index (χ3n) is 2.42. The van der Waals surface area contributed by atoms with Gasteiger partial charge >= 0.3 is 12.1 Å². The molecule has 110 valence electrons. The van der Waals surface area contributed by atoms with Gasteiger partial charge in [0.25, 0.3) is 5.69 Å². The van der Waals surface area contributed by atoms with Crippen LogP contribution >= 0.6 is 0 Å². The Morgan fingerprint density at radius 3 is 2.25 bits per heavy atom. The monoisotopic (exact) mass is 295 g/mol. The highest BCUT2D eigenvalue weighted by Crippen LogP contribution is 2.37. The van der Waals surface area contributed by atoms with Gasteiger partial charge in [-0.2, -0.15) is 13.2 Å². The molecule has 2 atom stereocenters. The Labute approximate surface area is 109 Å². The molecule has 0 aliphatic rings. The van der Waals surface area contributed by atoms with E-state index in [2.05, 4.69) is 0 Å². The number of non-ortho nitro benzene ring substituents is 1. The zero-order valence-corrected chi connectivity index (χ0v) is 9.53. The molecule has 0 amide bonds. The molecule has 0 aliphatic heterocycles. The van der Waals surface area contributed by atoms with Gasteiger partial charge in [0.05, 0.1) is 10.5 Å². The van der Waals surface area contributed by atoms with Gasteiger partial charge in [-0.25, -0.2) is 4.79 Å². The lowest BCUT2D eigenvalue weighted by atomic mass is 9.97.